The molecule has 14 heavy (non-hydrogen) atoms. The van der Waals surface area contributed by atoms with Crippen LogP contribution in [0.1, 0.15) is 19.8 Å². The van der Waals surface area contributed by atoms with E-state index in [2.05, 4.69) is 18.5 Å². The van der Waals surface area contributed by atoms with Gasteiger partial charge in [-0.1, -0.05) is 16.2 Å². The Morgan fingerprint density at radius 3 is 2.14 bits per heavy atom. The van der Waals surface area contributed by atoms with Crippen LogP contribution in [-0.4, -0.2) is 26.3 Å². The molecule has 0 radical (unpaired) electrons. The lowest BCUT2D eigenvalue weighted by Crippen LogP contribution is -2.31. The Bertz CT molecular complexity index is 206. The van der Waals surface area contributed by atoms with Gasteiger partial charge in [0, 0.05) is 22.3 Å². The first-order valence-electron chi connectivity index (χ1n) is 4.30. The molecule has 0 bridgehead atoms. The van der Waals surface area contributed by atoms with E-state index in [4.69, 9.17) is 0 Å². The molecule has 1 nitrogen and oxygen atoms in total. The molecule has 0 N–H and O–H groups in total. The van der Waals surface area contributed by atoms with Crippen LogP contribution in [0.4, 0.5) is 8.78 Å². The molecule has 0 rings (SSSR count). The van der Waals surface area contributed by atoms with Crippen molar-refractivity contribution in [3.8, 4) is 0 Å². The molecule has 4 unspecified atom stereocenters. The summed E-state index contributed by atoms with van der Waals surface area (Å²) in [6.45, 7) is 1.83. The number of rotatable bonds is 6. The zero-order chi connectivity index (χ0) is 11.4. The van der Waals surface area contributed by atoms with Gasteiger partial charge in [0.05, 0.1) is 4.90 Å². The molecule has 0 saturated carbocycles. The molecule has 0 aliphatic carbocycles. The van der Waals surface area contributed by atoms with Crippen molar-refractivity contribution in [2.45, 2.75) is 30.3 Å². The van der Waals surface area contributed by atoms with Gasteiger partial charge >= 0.3 is 0 Å². The first-order valence-corrected chi connectivity index (χ1v) is 7.52. The van der Waals surface area contributed by atoms with Crippen LogP contribution < -0.4 is 0 Å². The van der Waals surface area contributed by atoms with Crippen LogP contribution in [0.5, 0.6) is 0 Å². The summed E-state index contributed by atoms with van der Waals surface area (Å²) in [5.41, 5.74) is -2.82. The minimum atomic E-state index is -2.82. The maximum Gasteiger partial charge on any atom is 0.271 e. The average molecular weight is 280 g/mol. The number of halogens is 2. The number of hydrogen-bond donors (Lipinski definition) is 0. The Kier molecular flexibility index (Phi) is 6.71. The van der Waals surface area contributed by atoms with Crippen molar-refractivity contribution in [2.75, 3.05) is 11.5 Å². The minimum Gasteiger partial charge on any atom is -0.260 e. The Morgan fingerprint density at radius 2 is 1.79 bits per heavy atom. The van der Waals surface area contributed by atoms with Gasteiger partial charge in [-0.2, -0.15) is 0 Å². The second-order valence-corrected chi connectivity index (χ2v) is 8.52. The molecule has 0 aliphatic heterocycles. The van der Waals surface area contributed by atoms with E-state index < -0.39 is 21.4 Å². The molecule has 0 saturated heterocycles. The van der Waals surface area contributed by atoms with Gasteiger partial charge in [-0.3, -0.25) is 4.21 Å². The van der Waals surface area contributed by atoms with E-state index in [1.165, 1.54) is 0 Å². The average Bonchev–Trinajstić information content (AvgIpc) is 2.01. The summed E-state index contributed by atoms with van der Waals surface area (Å²) < 4.78 is 37.0. The molecular weight excluding hydrogens is 263 g/mol. The Balaban J connectivity index is 3.95. The summed E-state index contributed by atoms with van der Waals surface area (Å²) in [4.78, 5) is -1.20. The van der Waals surface area contributed by atoms with E-state index in [9.17, 15) is 13.0 Å². The van der Waals surface area contributed by atoms with Crippen molar-refractivity contribution in [3.05, 3.63) is 0 Å². The maximum atomic E-state index is 13.0. The highest BCUT2D eigenvalue weighted by atomic mass is 32.2. The predicted octanol–water partition coefficient (Wildman–Crippen LogP) is 2.45. The van der Waals surface area contributed by atoms with E-state index in [0.29, 0.717) is 24.3 Å². The quantitative estimate of drug-likeness (QED) is 0.683. The Labute approximate surface area is 93.6 Å². The monoisotopic (exact) mass is 280 g/mol. The van der Waals surface area contributed by atoms with Crippen molar-refractivity contribution in [2.24, 2.45) is 0 Å². The fourth-order valence-electron chi connectivity index (χ4n) is 0.837. The predicted molar refractivity (Wildman–Crippen MR) is 69.6 cm³/mol. The molecule has 7 heteroatoms. The topological polar surface area (TPSA) is 17.1 Å². The lowest BCUT2D eigenvalue weighted by molar-refractivity contribution is 0.0860. The van der Waals surface area contributed by atoms with Gasteiger partial charge < -0.3 is 0 Å². The third-order valence-electron chi connectivity index (χ3n) is 1.91. The molecule has 0 aromatic carbocycles. The summed E-state index contributed by atoms with van der Waals surface area (Å²) in [6, 6.07) is 0. The van der Waals surface area contributed by atoms with Crippen molar-refractivity contribution in [3.63, 3.8) is 0 Å². The SMILES string of the molecule is CCS(=O)CCCC(P)(P)C(F)(F)P. The van der Waals surface area contributed by atoms with Crippen molar-refractivity contribution < 1.29 is 13.0 Å². The lowest BCUT2D eigenvalue weighted by atomic mass is 10.2. The molecule has 86 valence electrons. The molecule has 0 amide bonds. The van der Waals surface area contributed by atoms with Gasteiger partial charge in [0.2, 0.25) is 0 Å². The summed E-state index contributed by atoms with van der Waals surface area (Å²) >= 11 is 0. The van der Waals surface area contributed by atoms with Gasteiger partial charge in [-0.15, -0.1) is 18.5 Å². The second-order valence-electron chi connectivity index (χ2n) is 3.20. The zero-order valence-electron chi connectivity index (χ0n) is 8.13. The van der Waals surface area contributed by atoms with Crippen molar-refractivity contribution >= 4 is 38.5 Å². The largest absolute Gasteiger partial charge is 0.271 e. The molecule has 0 aromatic heterocycles. The molecule has 4 atom stereocenters. The second kappa shape index (κ2) is 6.14. The van der Waals surface area contributed by atoms with Gasteiger partial charge in [0.15, 0.2) is 0 Å². The van der Waals surface area contributed by atoms with Crippen LogP contribution in [0.15, 0.2) is 0 Å². The number of hydrogen-bond acceptors (Lipinski definition) is 1. The van der Waals surface area contributed by atoms with Crippen LogP contribution in [0.2, 0.25) is 0 Å². The van der Waals surface area contributed by atoms with Crippen LogP contribution >= 0.6 is 27.7 Å². The fraction of sp³-hybridized carbons (Fsp3) is 1.00. The third kappa shape index (κ3) is 5.40. The standard InChI is InChI=1S/C7H17F2OP3S/c1-2-14(10)5-3-4-6(11,12)7(8,9)13/h2-5,11-13H2,1H3. The van der Waals surface area contributed by atoms with E-state index in [1.807, 2.05) is 6.92 Å². The van der Waals surface area contributed by atoms with E-state index in [0.717, 1.165) is 0 Å². The summed E-state index contributed by atoms with van der Waals surface area (Å²) in [5, 5.41) is 0. The lowest BCUT2D eigenvalue weighted by Gasteiger charge is -2.30. The smallest absolute Gasteiger partial charge is 0.260 e. The Morgan fingerprint density at radius 1 is 1.29 bits per heavy atom. The van der Waals surface area contributed by atoms with Crippen LogP contribution in [-0.2, 0) is 10.8 Å². The van der Waals surface area contributed by atoms with Gasteiger partial charge in [0.25, 0.3) is 5.66 Å². The summed E-state index contributed by atoms with van der Waals surface area (Å²) in [5.74, 6) is 1.10. The molecular formula is C7H17F2OP3S. The molecule has 0 fully saturated rings. The van der Waals surface area contributed by atoms with Crippen LogP contribution in [0, 0.1) is 0 Å². The molecule has 0 heterocycles. The molecule has 0 aliphatic rings. The summed E-state index contributed by atoms with van der Waals surface area (Å²) in [7, 11) is 4.99. The highest BCUT2D eigenvalue weighted by molar-refractivity contribution is 7.84. The van der Waals surface area contributed by atoms with E-state index in [-0.39, 0.29) is 0 Å². The van der Waals surface area contributed by atoms with Crippen LogP contribution in [0.25, 0.3) is 0 Å². The van der Waals surface area contributed by atoms with E-state index in [1.54, 1.807) is 9.24 Å². The minimum absolute atomic E-state index is 0.324. The first kappa shape index (κ1) is 15.3. The highest BCUT2D eigenvalue weighted by Crippen LogP contribution is 2.49. The number of alkyl halides is 2. The highest BCUT2D eigenvalue weighted by Gasteiger charge is 2.42. The van der Waals surface area contributed by atoms with E-state index >= 15 is 0 Å². The third-order valence-corrected chi connectivity index (χ3v) is 5.84. The molecule has 0 aromatic rings. The maximum absolute atomic E-state index is 13.0. The van der Waals surface area contributed by atoms with Crippen LogP contribution in [0.3, 0.4) is 0 Å². The first-order chi connectivity index (χ1) is 6.20. The van der Waals surface area contributed by atoms with Gasteiger partial charge in [-0.25, -0.2) is 8.78 Å². The fourth-order valence-corrected chi connectivity index (χ4v) is 2.14. The Hall–Kier alpha value is 1.30. The van der Waals surface area contributed by atoms with Gasteiger partial charge in [0.1, 0.15) is 0 Å². The van der Waals surface area contributed by atoms with Gasteiger partial charge in [-0.05, 0) is 12.8 Å². The molecule has 0 spiro atoms. The normalized spacial score (nSPS) is 15.6. The van der Waals surface area contributed by atoms with Crippen molar-refractivity contribution in [1.29, 1.82) is 0 Å². The zero-order valence-corrected chi connectivity index (χ0v) is 12.4. The summed E-state index contributed by atoms with van der Waals surface area (Å²) in [6.07, 6.45) is 0.877. The van der Waals surface area contributed by atoms with Crippen molar-refractivity contribution in [1.82, 2.24) is 0 Å².